The van der Waals surface area contributed by atoms with Crippen molar-refractivity contribution in [2.24, 2.45) is 4.99 Å². The predicted molar refractivity (Wildman–Crippen MR) is 94.1 cm³/mol. The summed E-state index contributed by atoms with van der Waals surface area (Å²) in [7, 11) is 3.35. The Hall–Kier alpha value is -2.27. The Morgan fingerprint density at radius 3 is 2.74 bits per heavy atom. The lowest BCUT2D eigenvalue weighted by Gasteiger charge is -2.12. The zero-order valence-electron chi connectivity index (χ0n) is 13.3. The first-order valence-corrected chi connectivity index (χ1v) is 7.77. The molecule has 23 heavy (non-hydrogen) atoms. The molecule has 0 unspecified atom stereocenters. The lowest BCUT2D eigenvalue weighted by atomic mass is 10.1. The van der Waals surface area contributed by atoms with Gasteiger partial charge in [-0.25, -0.2) is 4.98 Å². The van der Waals surface area contributed by atoms with Crippen molar-refractivity contribution in [3.05, 3.63) is 58.7 Å². The van der Waals surface area contributed by atoms with Gasteiger partial charge in [-0.1, -0.05) is 29.8 Å². The van der Waals surface area contributed by atoms with Crippen LogP contribution in [0.5, 0.6) is 5.88 Å². The molecule has 1 heterocycles. The summed E-state index contributed by atoms with van der Waals surface area (Å²) in [6.07, 6.45) is 2.66. The highest BCUT2D eigenvalue weighted by molar-refractivity contribution is 6.30. The van der Waals surface area contributed by atoms with E-state index in [4.69, 9.17) is 16.3 Å². The number of methoxy groups -OCH3 is 1. The van der Waals surface area contributed by atoms with Crippen LogP contribution in [-0.2, 0) is 13.0 Å². The number of aliphatic imine (C=N–C) groups is 1. The summed E-state index contributed by atoms with van der Waals surface area (Å²) in [5.74, 6) is 1.36. The predicted octanol–water partition coefficient (Wildman–Crippen LogP) is 2.65. The SMILES string of the molecule is CN=C(NCCc1cccc(Cl)c1)NCc1ccc(OC)nc1. The molecule has 5 nitrogen and oxygen atoms in total. The van der Waals surface area contributed by atoms with Crippen LogP contribution >= 0.6 is 11.6 Å². The van der Waals surface area contributed by atoms with Crippen molar-refractivity contribution in [3.63, 3.8) is 0 Å². The van der Waals surface area contributed by atoms with E-state index in [0.29, 0.717) is 12.4 Å². The van der Waals surface area contributed by atoms with Crippen molar-refractivity contribution in [1.82, 2.24) is 15.6 Å². The Morgan fingerprint density at radius 1 is 1.22 bits per heavy atom. The zero-order valence-corrected chi connectivity index (χ0v) is 14.1. The van der Waals surface area contributed by atoms with Gasteiger partial charge in [0.1, 0.15) is 0 Å². The maximum absolute atomic E-state index is 5.98. The molecule has 0 spiro atoms. The van der Waals surface area contributed by atoms with E-state index in [1.165, 1.54) is 5.56 Å². The second kappa shape index (κ2) is 9.00. The molecule has 0 saturated heterocycles. The number of halogens is 1. The van der Waals surface area contributed by atoms with Gasteiger partial charge >= 0.3 is 0 Å². The molecular formula is C17H21ClN4O. The minimum atomic E-state index is 0.609. The topological polar surface area (TPSA) is 58.5 Å². The summed E-state index contributed by atoms with van der Waals surface area (Å²) in [6, 6.07) is 11.7. The Morgan fingerprint density at radius 2 is 2.09 bits per heavy atom. The van der Waals surface area contributed by atoms with Crippen molar-refractivity contribution in [2.45, 2.75) is 13.0 Å². The Labute approximate surface area is 141 Å². The number of nitrogens with zero attached hydrogens (tertiary/aromatic N) is 2. The van der Waals surface area contributed by atoms with Crippen molar-refractivity contribution < 1.29 is 4.74 Å². The highest BCUT2D eigenvalue weighted by Crippen LogP contribution is 2.10. The zero-order chi connectivity index (χ0) is 16.5. The van der Waals surface area contributed by atoms with Gasteiger partial charge in [0.05, 0.1) is 7.11 Å². The number of guanidine groups is 1. The molecule has 0 saturated carbocycles. The van der Waals surface area contributed by atoms with E-state index in [1.807, 2.05) is 30.3 Å². The van der Waals surface area contributed by atoms with Crippen molar-refractivity contribution in [1.29, 1.82) is 0 Å². The van der Waals surface area contributed by atoms with Gasteiger partial charge in [-0.15, -0.1) is 0 Å². The molecule has 0 atom stereocenters. The van der Waals surface area contributed by atoms with Crippen molar-refractivity contribution in [3.8, 4) is 5.88 Å². The Balaban J connectivity index is 1.76. The third kappa shape index (κ3) is 5.79. The number of ether oxygens (including phenoxy) is 1. The van der Waals surface area contributed by atoms with Gasteiger partial charge in [-0.05, 0) is 29.7 Å². The van der Waals surface area contributed by atoms with E-state index in [1.54, 1.807) is 20.4 Å². The average molecular weight is 333 g/mol. The fraction of sp³-hybridized carbons (Fsp3) is 0.294. The summed E-state index contributed by atoms with van der Waals surface area (Å²) in [5.41, 5.74) is 2.25. The summed E-state index contributed by atoms with van der Waals surface area (Å²) >= 11 is 5.98. The second-order valence-electron chi connectivity index (χ2n) is 4.94. The van der Waals surface area contributed by atoms with E-state index >= 15 is 0 Å². The quantitative estimate of drug-likeness (QED) is 0.630. The normalized spacial score (nSPS) is 11.2. The minimum Gasteiger partial charge on any atom is -0.481 e. The molecule has 2 rings (SSSR count). The number of pyridine rings is 1. The molecule has 0 aliphatic carbocycles. The molecule has 122 valence electrons. The van der Waals surface area contributed by atoms with Crippen LogP contribution in [0.25, 0.3) is 0 Å². The fourth-order valence-corrected chi connectivity index (χ4v) is 2.27. The van der Waals surface area contributed by atoms with Crippen molar-refractivity contribution in [2.75, 3.05) is 20.7 Å². The van der Waals surface area contributed by atoms with Crippen LogP contribution in [0.1, 0.15) is 11.1 Å². The highest BCUT2D eigenvalue weighted by atomic mass is 35.5. The Kier molecular flexibility index (Phi) is 6.69. The first-order valence-electron chi connectivity index (χ1n) is 7.39. The van der Waals surface area contributed by atoms with Gasteiger partial charge < -0.3 is 15.4 Å². The second-order valence-corrected chi connectivity index (χ2v) is 5.38. The van der Waals surface area contributed by atoms with E-state index in [9.17, 15) is 0 Å². The largest absolute Gasteiger partial charge is 0.481 e. The smallest absolute Gasteiger partial charge is 0.212 e. The number of rotatable bonds is 6. The lowest BCUT2D eigenvalue weighted by molar-refractivity contribution is 0.397. The molecule has 0 aliphatic heterocycles. The fourth-order valence-electron chi connectivity index (χ4n) is 2.06. The molecule has 6 heteroatoms. The molecule has 0 aliphatic rings. The maximum Gasteiger partial charge on any atom is 0.212 e. The molecule has 1 aromatic carbocycles. The molecule has 0 amide bonds. The average Bonchev–Trinajstić information content (AvgIpc) is 2.58. The van der Waals surface area contributed by atoms with E-state index in [2.05, 4.69) is 26.7 Å². The molecule has 2 N–H and O–H groups in total. The van der Waals surface area contributed by atoms with Gasteiger partial charge in [0.25, 0.3) is 0 Å². The van der Waals surface area contributed by atoms with Gasteiger partial charge in [0.15, 0.2) is 5.96 Å². The van der Waals surface area contributed by atoms with Crippen LogP contribution < -0.4 is 15.4 Å². The molecule has 2 aromatic rings. The van der Waals surface area contributed by atoms with Crippen LogP contribution in [0.15, 0.2) is 47.6 Å². The van der Waals surface area contributed by atoms with E-state index in [0.717, 1.165) is 29.5 Å². The number of benzene rings is 1. The number of hydrogen-bond acceptors (Lipinski definition) is 3. The van der Waals surface area contributed by atoms with Crippen LogP contribution in [0, 0.1) is 0 Å². The first-order chi connectivity index (χ1) is 11.2. The summed E-state index contributed by atoms with van der Waals surface area (Å²) in [5, 5.41) is 7.29. The van der Waals surface area contributed by atoms with Crippen LogP contribution in [0.4, 0.5) is 0 Å². The van der Waals surface area contributed by atoms with Crippen LogP contribution in [0.3, 0.4) is 0 Å². The molecule has 0 fully saturated rings. The molecule has 1 aromatic heterocycles. The van der Waals surface area contributed by atoms with Crippen LogP contribution in [0.2, 0.25) is 5.02 Å². The number of nitrogens with one attached hydrogen (secondary N) is 2. The van der Waals surface area contributed by atoms with Crippen LogP contribution in [-0.4, -0.2) is 31.6 Å². The molecular weight excluding hydrogens is 312 g/mol. The molecule has 0 radical (unpaired) electrons. The summed E-state index contributed by atoms with van der Waals surface area (Å²) in [6.45, 7) is 1.43. The maximum atomic E-state index is 5.98. The minimum absolute atomic E-state index is 0.609. The van der Waals surface area contributed by atoms with Gasteiger partial charge in [0, 0.05) is 37.4 Å². The van der Waals surface area contributed by atoms with E-state index in [-0.39, 0.29) is 0 Å². The van der Waals surface area contributed by atoms with E-state index < -0.39 is 0 Å². The number of aromatic nitrogens is 1. The third-order valence-electron chi connectivity index (χ3n) is 3.29. The standard InChI is InChI=1S/C17H21ClN4O/c1-19-17(20-9-8-13-4-3-5-15(18)10-13)22-12-14-6-7-16(23-2)21-11-14/h3-7,10-11H,8-9,12H2,1-2H3,(H2,19,20,22). The van der Waals surface area contributed by atoms with Gasteiger partial charge in [-0.2, -0.15) is 0 Å². The lowest BCUT2D eigenvalue weighted by Crippen LogP contribution is -2.37. The molecule has 0 bridgehead atoms. The monoisotopic (exact) mass is 332 g/mol. The third-order valence-corrected chi connectivity index (χ3v) is 3.52. The van der Waals surface area contributed by atoms with Gasteiger partial charge in [0.2, 0.25) is 5.88 Å². The summed E-state index contributed by atoms with van der Waals surface area (Å²) in [4.78, 5) is 8.38. The van der Waals surface area contributed by atoms with Crippen molar-refractivity contribution >= 4 is 17.6 Å². The Bertz CT molecular complexity index is 643. The summed E-state index contributed by atoms with van der Waals surface area (Å²) < 4.78 is 5.04. The number of hydrogen-bond donors (Lipinski definition) is 2. The highest BCUT2D eigenvalue weighted by Gasteiger charge is 2.00. The first kappa shape index (κ1) is 17.1. The van der Waals surface area contributed by atoms with Gasteiger partial charge in [-0.3, -0.25) is 4.99 Å².